The Bertz CT molecular complexity index is 773. The number of nitrogens with two attached hydrogens (primary N) is 1. The molecular weight excluding hydrogens is 367 g/mol. The van der Waals surface area contributed by atoms with E-state index in [-0.39, 0.29) is 35.9 Å². The number of carbonyl (C=O) groups excluding carboxylic acids is 1. The zero-order chi connectivity index (χ0) is 20.6. The van der Waals surface area contributed by atoms with Crippen molar-refractivity contribution < 1.29 is 13.9 Å². The molecule has 4 nitrogen and oxygen atoms in total. The van der Waals surface area contributed by atoms with Crippen LogP contribution in [0, 0.1) is 17.3 Å². The van der Waals surface area contributed by atoms with Crippen molar-refractivity contribution in [2.24, 2.45) is 23.0 Å². The van der Waals surface area contributed by atoms with Gasteiger partial charge in [0.15, 0.2) is 0 Å². The minimum absolute atomic E-state index is 0.0954. The second kappa shape index (κ2) is 7.75. The number of halogens is 1. The van der Waals surface area contributed by atoms with Crippen LogP contribution in [0.4, 0.5) is 4.39 Å². The maximum atomic E-state index is 13.2. The van der Waals surface area contributed by atoms with Crippen LogP contribution in [-0.4, -0.2) is 25.1 Å². The van der Waals surface area contributed by atoms with E-state index in [2.05, 4.69) is 17.4 Å². The molecule has 1 aromatic rings. The Hall–Kier alpha value is -1.88. The van der Waals surface area contributed by atoms with Gasteiger partial charge in [-0.05, 0) is 87.3 Å². The summed E-state index contributed by atoms with van der Waals surface area (Å²) in [7, 11) is 0. The molecule has 3 N–H and O–H groups in total. The summed E-state index contributed by atoms with van der Waals surface area (Å²) < 4.78 is 18.3. The SMILES string of the molecule is CC(C)NC(=O)C12CC3CC(C1)CC(c1ccc(OC/C(=C/F)CN)cc1)(C3)C2. The first-order valence-corrected chi connectivity index (χ1v) is 10.9. The Labute approximate surface area is 173 Å². The van der Waals surface area contributed by atoms with Gasteiger partial charge in [-0.2, -0.15) is 0 Å². The molecule has 5 rings (SSSR count). The lowest BCUT2D eigenvalue weighted by Gasteiger charge is -2.61. The van der Waals surface area contributed by atoms with E-state index in [1.807, 2.05) is 26.0 Å². The van der Waals surface area contributed by atoms with Crippen molar-refractivity contribution in [3.8, 4) is 5.75 Å². The minimum atomic E-state index is -0.203. The third-order valence-electron chi connectivity index (χ3n) is 7.27. The van der Waals surface area contributed by atoms with Gasteiger partial charge in [0.1, 0.15) is 12.4 Å². The van der Waals surface area contributed by atoms with Crippen LogP contribution in [0.3, 0.4) is 0 Å². The monoisotopic (exact) mass is 400 g/mol. The van der Waals surface area contributed by atoms with Gasteiger partial charge in [-0.1, -0.05) is 12.1 Å². The van der Waals surface area contributed by atoms with E-state index in [1.54, 1.807) is 0 Å². The molecule has 2 atom stereocenters. The lowest BCUT2D eigenvalue weighted by Crippen LogP contribution is -2.59. The van der Waals surface area contributed by atoms with Gasteiger partial charge in [-0.15, -0.1) is 0 Å². The average molecular weight is 401 g/mol. The van der Waals surface area contributed by atoms with Gasteiger partial charge >= 0.3 is 0 Å². The van der Waals surface area contributed by atoms with E-state index in [0.717, 1.165) is 25.0 Å². The Morgan fingerprint density at radius 3 is 2.45 bits per heavy atom. The van der Waals surface area contributed by atoms with Crippen LogP contribution >= 0.6 is 0 Å². The van der Waals surface area contributed by atoms with Gasteiger partial charge < -0.3 is 15.8 Å². The molecule has 158 valence electrons. The van der Waals surface area contributed by atoms with E-state index in [0.29, 0.717) is 23.7 Å². The molecule has 0 saturated heterocycles. The molecule has 2 unspecified atom stereocenters. The number of nitrogens with one attached hydrogen (secondary N) is 1. The van der Waals surface area contributed by atoms with Gasteiger partial charge in [0, 0.05) is 18.2 Å². The van der Waals surface area contributed by atoms with E-state index < -0.39 is 0 Å². The molecule has 0 spiro atoms. The van der Waals surface area contributed by atoms with Crippen molar-refractivity contribution >= 4 is 5.91 Å². The Morgan fingerprint density at radius 2 is 1.90 bits per heavy atom. The number of amides is 1. The number of ether oxygens (including phenoxy) is 1. The molecule has 4 bridgehead atoms. The third kappa shape index (κ3) is 3.81. The lowest BCUT2D eigenvalue weighted by atomic mass is 9.42. The van der Waals surface area contributed by atoms with Crippen LogP contribution in [-0.2, 0) is 10.2 Å². The quantitative estimate of drug-likeness (QED) is 0.719. The Morgan fingerprint density at radius 1 is 1.24 bits per heavy atom. The summed E-state index contributed by atoms with van der Waals surface area (Å²) in [5.74, 6) is 2.27. The topological polar surface area (TPSA) is 64.3 Å². The van der Waals surface area contributed by atoms with Crippen LogP contribution in [0.5, 0.6) is 5.75 Å². The fourth-order valence-electron chi connectivity index (χ4n) is 6.50. The van der Waals surface area contributed by atoms with Gasteiger partial charge in [0.05, 0.1) is 11.7 Å². The molecule has 0 radical (unpaired) electrons. The Balaban J connectivity index is 1.54. The summed E-state index contributed by atoms with van der Waals surface area (Å²) in [6.45, 7) is 4.41. The van der Waals surface area contributed by atoms with E-state index in [1.165, 1.54) is 24.8 Å². The molecule has 0 heterocycles. The number of benzene rings is 1. The molecule has 5 heteroatoms. The van der Waals surface area contributed by atoms with Gasteiger partial charge in [-0.25, -0.2) is 4.39 Å². The first-order chi connectivity index (χ1) is 13.9. The van der Waals surface area contributed by atoms with E-state index in [4.69, 9.17) is 10.5 Å². The first kappa shape index (κ1) is 20.4. The fourth-order valence-corrected chi connectivity index (χ4v) is 6.50. The molecular formula is C24H33FN2O2. The van der Waals surface area contributed by atoms with Crippen LogP contribution in [0.1, 0.15) is 57.9 Å². The Kier molecular flexibility index (Phi) is 5.45. The highest BCUT2D eigenvalue weighted by Gasteiger charge is 2.60. The summed E-state index contributed by atoms with van der Waals surface area (Å²) in [4.78, 5) is 13.2. The van der Waals surface area contributed by atoms with Crippen LogP contribution in [0.25, 0.3) is 0 Å². The van der Waals surface area contributed by atoms with Crippen molar-refractivity contribution in [1.82, 2.24) is 5.32 Å². The van der Waals surface area contributed by atoms with E-state index in [9.17, 15) is 9.18 Å². The minimum Gasteiger partial charge on any atom is -0.489 e. The molecule has 4 saturated carbocycles. The van der Waals surface area contributed by atoms with Crippen molar-refractivity contribution in [2.75, 3.05) is 13.2 Å². The highest BCUT2D eigenvalue weighted by Crippen LogP contribution is 2.65. The first-order valence-electron chi connectivity index (χ1n) is 10.9. The molecule has 4 aliphatic carbocycles. The highest BCUT2D eigenvalue weighted by molar-refractivity contribution is 5.83. The summed E-state index contributed by atoms with van der Waals surface area (Å²) in [5.41, 5.74) is 7.14. The second-order valence-corrected chi connectivity index (χ2v) is 9.93. The zero-order valence-electron chi connectivity index (χ0n) is 17.5. The van der Waals surface area contributed by atoms with Crippen molar-refractivity contribution in [2.45, 2.75) is 63.8 Å². The van der Waals surface area contributed by atoms with Crippen molar-refractivity contribution in [3.05, 3.63) is 41.7 Å². The van der Waals surface area contributed by atoms with Crippen molar-refractivity contribution in [1.29, 1.82) is 0 Å². The normalized spacial score (nSPS) is 33.2. The maximum absolute atomic E-state index is 13.2. The molecule has 1 amide bonds. The van der Waals surface area contributed by atoms with Crippen LogP contribution in [0.2, 0.25) is 0 Å². The molecule has 4 fully saturated rings. The van der Waals surface area contributed by atoms with Crippen LogP contribution < -0.4 is 15.8 Å². The number of hydrogen-bond acceptors (Lipinski definition) is 3. The number of rotatable bonds is 7. The predicted molar refractivity (Wildman–Crippen MR) is 112 cm³/mol. The molecule has 29 heavy (non-hydrogen) atoms. The van der Waals surface area contributed by atoms with Crippen LogP contribution in [0.15, 0.2) is 36.2 Å². The molecule has 0 aliphatic heterocycles. The summed E-state index contributed by atoms with van der Waals surface area (Å²) in [6, 6.07) is 8.43. The van der Waals surface area contributed by atoms with Gasteiger partial charge in [-0.3, -0.25) is 4.79 Å². The summed E-state index contributed by atoms with van der Waals surface area (Å²) in [6.07, 6.45) is 7.20. The second-order valence-electron chi connectivity index (χ2n) is 9.93. The van der Waals surface area contributed by atoms with E-state index >= 15 is 0 Å². The summed E-state index contributed by atoms with van der Waals surface area (Å²) in [5, 5.41) is 3.21. The largest absolute Gasteiger partial charge is 0.489 e. The molecule has 4 aliphatic rings. The van der Waals surface area contributed by atoms with Gasteiger partial charge in [0.2, 0.25) is 5.91 Å². The number of carbonyl (C=O) groups is 1. The predicted octanol–water partition coefficient (Wildman–Crippen LogP) is 4.24. The molecule has 1 aromatic carbocycles. The lowest BCUT2D eigenvalue weighted by molar-refractivity contribution is -0.149. The number of hydrogen-bond donors (Lipinski definition) is 2. The third-order valence-corrected chi connectivity index (χ3v) is 7.27. The summed E-state index contributed by atoms with van der Waals surface area (Å²) >= 11 is 0. The maximum Gasteiger partial charge on any atom is 0.226 e. The van der Waals surface area contributed by atoms with Crippen molar-refractivity contribution in [3.63, 3.8) is 0 Å². The zero-order valence-corrected chi connectivity index (χ0v) is 17.5. The highest BCUT2D eigenvalue weighted by atomic mass is 19.1. The van der Waals surface area contributed by atoms with Gasteiger partial charge in [0.25, 0.3) is 0 Å². The fraction of sp³-hybridized carbons (Fsp3) is 0.625. The standard InChI is InChI=1S/C24H33FN2O2/c1-16(2)27-22(28)24-10-17-7-18(11-24)9-23(8-17,15-24)20-3-5-21(6-4-20)29-14-19(12-25)13-26/h3-6,12,16-18H,7-11,13-15,26H2,1-2H3,(H,27,28)/b19-12+. The molecule has 0 aromatic heterocycles. The average Bonchev–Trinajstić information content (AvgIpc) is 2.67. The smallest absolute Gasteiger partial charge is 0.226 e.